The summed E-state index contributed by atoms with van der Waals surface area (Å²) < 4.78 is 13.9. The van der Waals surface area contributed by atoms with Gasteiger partial charge in [-0.3, -0.25) is 4.79 Å². The number of aryl methyl sites for hydroxylation is 2. The molecule has 8 heteroatoms. The summed E-state index contributed by atoms with van der Waals surface area (Å²) in [5.41, 5.74) is 3.05. The highest BCUT2D eigenvalue weighted by atomic mass is 32.1. The molecule has 1 aliphatic heterocycles. The first-order valence-corrected chi connectivity index (χ1v) is 11.7. The van der Waals surface area contributed by atoms with Crippen LogP contribution in [0, 0.1) is 19.7 Å². The fraction of sp³-hybridized carbons (Fsp3) is 0.240. The Labute approximate surface area is 195 Å². The van der Waals surface area contributed by atoms with Crippen LogP contribution in [0.2, 0.25) is 0 Å². The highest BCUT2D eigenvalue weighted by Gasteiger charge is 2.24. The Bertz CT molecular complexity index is 1320. The minimum Gasteiger partial charge on any atom is -0.368 e. The van der Waals surface area contributed by atoms with Gasteiger partial charge in [0.15, 0.2) is 0 Å². The molecule has 2 aromatic heterocycles. The standard InChI is InChI=1S/C25H24FN5OS/c1-16-8-9-18(14-20(16)26)29-24(32)22-17(2)21-23(27-15-28-25(21)33-22)31-12-10-30(11-13-31)19-6-4-3-5-7-19/h3-9,14-15H,10-13H2,1-2H3,(H,29,32). The summed E-state index contributed by atoms with van der Waals surface area (Å²) in [4.78, 5) is 28.0. The van der Waals surface area contributed by atoms with Gasteiger partial charge in [-0.15, -0.1) is 11.3 Å². The molecule has 0 bridgehead atoms. The molecule has 0 unspecified atom stereocenters. The number of amides is 1. The summed E-state index contributed by atoms with van der Waals surface area (Å²) in [6, 6.07) is 15.1. The Kier molecular flexibility index (Phi) is 5.68. The van der Waals surface area contributed by atoms with Crippen LogP contribution in [-0.2, 0) is 0 Å². The summed E-state index contributed by atoms with van der Waals surface area (Å²) in [5.74, 6) is 0.254. The number of hydrogen-bond acceptors (Lipinski definition) is 6. The maximum Gasteiger partial charge on any atom is 0.266 e. The van der Waals surface area contributed by atoms with Crippen LogP contribution >= 0.6 is 11.3 Å². The van der Waals surface area contributed by atoms with Gasteiger partial charge in [-0.1, -0.05) is 24.3 Å². The number of anilines is 3. The van der Waals surface area contributed by atoms with Crippen LogP contribution in [0.4, 0.5) is 21.6 Å². The van der Waals surface area contributed by atoms with E-state index < -0.39 is 0 Å². The van der Waals surface area contributed by atoms with Crippen LogP contribution in [0.3, 0.4) is 0 Å². The fourth-order valence-corrected chi connectivity index (χ4v) is 5.22. The molecule has 1 saturated heterocycles. The molecule has 4 aromatic rings. The lowest BCUT2D eigenvalue weighted by Gasteiger charge is -2.37. The smallest absolute Gasteiger partial charge is 0.266 e. The van der Waals surface area contributed by atoms with E-state index in [1.54, 1.807) is 25.4 Å². The molecule has 5 rings (SSSR count). The van der Waals surface area contributed by atoms with Crippen molar-refractivity contribution < 1.29 is 9.18 Å². The summed E-state index contributed by atoms with van der Waals surface area (Å²) in [7, 11) is 0. The Balaban J connectivity index is 1.39. The highest BCUT2D eigenvalue weighted by Crippen LogP contribution is 2.36. The number of nitrogens with zero attached hydrogens (tertiary/aromatic N) is 4. The lowest BCUT2D eigenvalue weighted by Crippen LogP contribution is -2.46. The van der Waals surface area contributed by atoms with E-state index in [9.17, 15) is 9.18 Å². The van der Waals surface area contributed by atoms with Crippen molar-refractivity contribution in [2.45, 2.75) is 13.8 Å². The second-order valence-electron chi connectivity index (χ2n) is 8.16. The van der Waals surface area contributed by atoms with E-state index in [2.05, 4.69) is 49.4 Å². The second-order valence-corrected chi connectivity index (χ2v) is 9.16. The molecular formula is C25H24FN5OS. The molecule has 6 nitrogen and oxygen atoms in total. The van der Waals surface area contributed by atoms with E-state index in [1.807, 2.05) is 13.0 Å². The quantitative estimate of drug-likeness (QED) is 0.462. The lowest BCUT2D eigenvalue weighted by atomic mass is 10.1. The molecule has 0 saturated carbocycles. The number of aromatic nitrogens is 2. The number of benzene rings is 2. The molecule has 3 heterocycles. The number of carbonyl (C=O) groups is 1. The number of thiophene rings is 1. The van der Waals surface area contributed by atoms with Crippen LogP contribution in [0.1, 0.15) is 20.8 Å². The van der Waals surface area contributed by atoms with Crippen molar-refractivity contribution in [3.63, 3.8) is 0 Å². The zero-order chi connectivity index (χ0) is 22.9. The molecule has 168 valence electrons. The topological polar surface area (TPSA) is 61.4 Å². The first-order chi connectivity index (χ1) is 16.0. The fourth-order valence-electron chi connectivity index (χ4n) is 4.18. The van der Waals surface area contributed by atoms with Crippen molar-refractivity contribution in [3.8, 4) is 0 Å². The van der Waals surface area contributed by atoms with E-state index in [0.29, 0.717) is 16.1 Å². The SMILES string of the molecule is Cc1ccc(NC(=O)c2sc3ncnc(N4CCN(c5ccccc5)CC4)c3c2C)cc1F. The maximum atomic E-state index is 13.9. The number of hydrogen-bond donors (Lipinski definition) is 1. The minimum atomic E-state index is -0.344. The number of carbonyl (C=O) groups excluding carboxylic acids is 1. The molecule has 0 aliphatic carbocycles. The van der Waals surface area contributed by atoms with Gasteiger partial charge in [-0.05, 0) is 49.2 Å². The van der Waals surface area contributed by atoms with Crippen molar-refractivity contribution in [1.82, 2.24) is 9.97 Å². The van der Waals surface area contributed by atoms with Gasteiger partial charge < -0.3 is 15.1 Å². The number of halogens is 1. The Hall–Kier alpha value is -3.52. The van der Waals surface area contributed by atoms with Crippen LogP contribution in [0.15, 0.2) is 54.9 Å². The number of para-hydroxylation sites is 1. The van der Waals surface area contributed by atoms with Gasteiger partial charge in [0, 0.05) is 37.6 Å². The number of nitrogens with one attached hydrogen (secondary N) is 1. The van der Waals surface area contributed by atoms with Crippen molar-refractivity contribution in [2.24, 2.45) is 0 Å². The van der Waals surface area contributed by atoms with Gasteiger partial charge in [0.05, 0.1) is 10.3 Å². The third-order valence-corrected chi connectivity index (χ3v) is 7.24. The molecule has 1 aliphatic rings. The van der Waals surface area contributed by atoms with Gasteiger partial charge >= 0.3 is 0 Å². The number of piperazine rings is 1. The summed E-state index contributed by atoms with van der Waals surface area (Å²) >= 11 is 1.34. The molecule has 1 fully saturated rings. The molecule has 1 N–H and O–H groups in total. The van der Waals surface area contributed by atoms with E-state index in [-0.39, 0.29) is 11.7 Å². The van der Waals surface area contributed by atoms with E-state index in [1.165, 1.54) is 23.1 Å². The molecule has 0 atom stereocenters. The molecule has 0 radical (unpaired) electrons. The predicted molar refractivity (Wildman–Crippen MR) is 132 cm³/mol. The first-order valence-electron chi connectivity index (χ1n) is 10.9. The van der Waals surface area contributed by atoms with Crippen LogP contribution in [0.5, 0.6) is 0 Å². The highest BCUT2D eigenvalue weighted by molar-refractivity contribution is 7.20. The zero-order valence-electron chi connectivity index (χ0n) is 18.5. The molecule has 0 spiro atoms. The average molecular weight is 462 g/mol. The monoisotopic (exact) mass is 461 g/mol. The Morgan fingerprint density at radius 2 is 1.73 bits per heavy atom. The number of rotatable bonds is 4. The first kappa shape index (κ1) is 21.3. The predicted octanol–water partition coefficient (Wildman–Crippen LogP) is 5.03. The van der Waals surface area contributed by atoms with Crippen molar-refractivity contribution in [3.05, 3.63) is 76.7 Å². The van der Waals surface area contributed by atoms with Gasteiger partial charge in [-0.25, -0.2) is 14.4 Å². The van der Waals surface area contributed by atoms with Crippen molar-refractivity contribution in [2.75, 3.05) is 41.3 Å². The number of fused-ring (bicyclic) bond motifs is 1. The van der Waals surface area contributed by atoms with E-state index >= 15 is 0 Å². The second kappa shape index (κ2) is 8.78. The largest absolute Gasteiger partial charge is 0.368 e. The van der Waals surface area contributed by atoms with Gasteiger partial charge in [0.1, 0.15) is 22.8 Å². The van der Waals surface area contributed by atoms with Crippen molar-refractivity contribution >= 4 is 44.7 Å². The lowest BCUT2D eigenvalue weighted by molar-refractivity contribution is 0.103. The van der Waals surface area contributed by atoms with Gasteiger partial charge in [0.25, 0.3) is 5.91 Å². The van der Waals surface area contributed by atoms with Gasteiger partial charge in [0.2, 0.25) is 0 Å². The van der Waals surface area contributed by atoms with Crippen LogP contribution in [-0.4, -0.2) is 42.1 Å². The summed E-state index contributed by atoms with van der Waals surface area (Å²) in [6.07, 6.45) is 1.56. The van der Waals surface area contributed by atoms with E-state index in [0.717, 1.165) is 47.8 Å². The molecule has 33 heavy (non-hydrogen) atoms. The molecule has 1 amide bonds. The summed E-state index contributed by atoms with van der Waals surface area (Å²) in [5, 5.41) is 3.73. The van der Waals surface area contributed by atoms with Gasteiger partial charge in [-0.2, -0.15) is 0 Å². The average Bonchev–Trinajstić information content (AvgIpc) is 3.19. The molecular weight excluding hydrogens is 437 g/mol. The normalized spacial score (nSPS) is 14.0. The van der Waals surface area contributed by atoms with Crippen molar-refractivity contribution in [1.29, 1.82) is 0 Å². The third kappa shape index (κ3) is 4.14. The van der Waals surface area contributed by atoms with E-state index in [4.69, 9.17) is 0 Å². The van der Waals surface area contributed by atoms with Crippen LogP contribution in [0.25, 0.3) is 10.2 Å². The Morgan fingerprint density at radius 1 is 1.00 bits per heavy atom. The third-order valence-electron chi connectivity index (χ3n) is 6.04. The molecule has 2 aromatic carbocycles. The zero-order valence-corrected chi connectivity index (χ0v) is 19.3. The Morgan fingerprint density at radius 3 is 2.45 bits per heavy atom. The minimum absolute atomic E-state index is 0.265. The van der Waals surface area contributed by atoms with Crippen LogP contribution < -0.4 is 15.1 Å². The summed E-state index contributed by atoms with van der Waals surface area (Å²) in [6.45, 7) is 7.07. The maximum absolute atomic E-state index is 13.9.